The van der Waals surface area contributed by atoms with Crippen LogP contribution in [0.2, 0.25) is 0 Å². The molecule has 2 heterocycles. The second kappa shape index (κ2) is 12.7. The van der Waals surface area contributed by atoms with Crippen LogP contribution in [0.4, 0.5) is 5.69 Å². The van der Waals surface area contributed by atoms with Crippen LogP contribution in [0.15, 0.2) is 76.7 Å². The smallest absolute Gasteiger partial charge is 0.294 e. The molecule has 0 saturated heterocycles. The van der Waals surface area contributed by atoms with Crippen molar-refractivity contribution in [3.05, 3.63) is 76.7 Å². The van der Waals surface area contributed by atoms with Gasteiger partial charge in [-0.2, -0.15) is 11.3 Å². The molecule has 0 spiro atoms. The zero-order chi connectivity index (χ0) is 26.0. The first-order valence-electron chi connectivity index (χ1n) is 10.9. The Morgan fingerprint density at radius 2 is 1.83 bits per heavy atom. The average molecular weight is 492 g/mol. The summed E-state index contributed by atoms with van der Waals surface area (Å²) >= 11 is 1.62. The highest BCUT2D eigenvalue weighted by molar-refractivity contribution is 7.08. The van der Waals surface area contributed by atoms with Gasteiger partial charge in [-0.1, -0.05) is 57.1 Å². The van der Waals surface area contributed by atoms with Gasteiger partial charge in [0.2, 0.25) is 0 Å². The Balaban J connectivity index is 0.00000100. The van der Waals surface area contributed by atoms with E-state index in [-0.39, 0.29) is 18.0 Å². The molecule has 1 atom stereocenters. The third-order valence-electron chi connectivity index (χ3n) is 5.12. The molecule has 0 aliphatic carbocycles. The average Bonchev–Trinajstić information content (AvgIpc) is 3.46. The molecular weight excluding hydrogens is 462 g/mol. The highest BCUT2D eigenvalue weighted by Gasteiger charge is 2.45. The summed E-state index contributed by atoms with van der Waals surface area (Å²) in [5.74, 6) is 1.13. The molecule has 0 bridgehead atoms. The van der Waals surface area contributed by atoms with Gasteiger partial charge in [0, 0.05) is 11.1 Å². The van der Waals surface area contributed by atoms with Crippen molar-refractivity contribution in [3.63, 3.8) is 0 Å². The summed E-state index contributed by atoms with van der Waals surface area (Å²) in [5.41, 5.74) is 2.20. The number of carbonyl (C=O) groups excluding carboxylic acids is 3. The van der Waals surface area contributed by atoms with E-state index in [4.69, 9.17) is 16.3 Å². The van der Waals surface area contributed by atoms with E-state index in [9.17, 15) is 14.7 Å². The molecule has 1 amide bonds. The normalized spacial score (nSPS) is 15.9. The lowest BCUT2D eigenvalue weighted by Crippen LogP contribution is -2.38. The summed E-state index contributed by atoms with van der Waals surface area (Å²) in [5, 5.41) is 22.2. The van der Waals surface area contributed by atoms with Gasteiger partial charge in [-0.15, -0.1) is 6.42 Å². The number of rotatable bonds is 7. The quantitative estimate of drug-likeness (QED) is 0.327. The van der Waals surface area contributed by atoms with Crippen molar-refractivity contribution in [1.29, 1.82) is 0 Å². The van der Waals surface area contributed by atoms with Crippen LogP contribution >= 0.6 is 11.3 Å². The van der Waals surface area contributed by atoms with Crippen molar-refractivity contribution < 1.29 is 24.6 Å². The summed E-state index contributed by atoms with van der Waals surface area (Å²) in [7, 11) is 0. The number of anilines is 1. The first-order valence-corrected chi connectivity index (χ1v) is 11.9. The van der Waals surface area contributed by atoms with Gasteiger partial charge in [0.1, 0.15) is 6.29 Å². The molecule has 3 rings (SSSR count). The number of ketones is 1. The van der Waals surface area contributed by atoms with Crippen molar-refractivity contribution in [3.8, 4) is 23.5 Å². The minimum absolute atomic E-state index is 0.157. The van der Waals surface area contributed by atoms with Crippen LogP contribution in [0.1, 0.15) is 27.2 Å². The molecule has 182 valence electrons. The van der Waals surface area contributed by atoms with E-state index in [0.717, 1.165) is 11.1 Å². The van der Waals surface area contributed by atoms with Gasteiger partial charge in [-0.3, -0.25) is 14.5 Å². The maximum atomic E-state index is 13.1. The molecule has 0 radical (unpaired) electrons. The first-order chi connectivity index (χ1) is 16.7. The minimum Gasteiger partial charge on any atom is -0.503 e. The fourth-order valence-corrected chi connectivity index (χ4v) is 4.15. The molecule has 35 heavy (non-hydrogen) atoms. The number of hydrogen-bond acceptors (Lipinski definition) is 6. The second-order valence-corrected chi connectivity index (χ2v) is 9.41. The first kappa shape index (κ1) is 27.5. The molecule has 2 N–H and O–H groups in total. The Labute approximate surface area is 209 Å². The summed E-state index contributed by atoms with van der Waals surface area (Å²) in [4.78, 5) is 36.5. The van der Waals surface area contributed by atoms with Gasteiger partial charge in [0.05, 0.1) is 18.2 Å². The van der Waals surface area contributed by atoms with E-state index in [1.807, 2.05) is 41.8 Å². The van der Waals surface area contributed by atoms with Crippen molar-refractivity contribution >= 4 is 35.0 Å². The number of benzene rings is 1. The fraction of sp³-hybridized carbons (Fsp3) is 0.250. The lowest BCUT2D eigenvalue weighted by Gasteiger charge is -2.28. The zero-order valence-electron chi connectivity index (χ0n) is 20.0. The number of amides is 1. The van der Waals surface area contributed by atoms with Crippen molar-refractivity contribution in [1.82, 2.24) is 0 Å². The SMILES string of the molecule is C#C/C=C\C=C/CC1C(C(=O)C(C)(C)C)=C(O)C(=O)N1c1ccc(-c2ccsc2)cc1.O=CCO. The molecule has 1 aromatic heterocycles. The largest absolute Gasteiger partial charge is 0.503 e. The van der Waals surface area contributed by atoms with Gasteiger partial charge < -0.3 is 15.0 Å². The van der Waals surface area contributed by atoms with Crippen LogP contribution in [-0.2, 0) is 14.4 Å². The Morgan fingerprint density at radius 1 is 1.17 bits per heavy atom. The molecule has 6 nitrogen and oxygen atoms in total. The number of carbonyl (C=O) groups is 3. The number of hydrogen-bond donors (Lipinski definition) is 2. The number of terminal acetylenes is 1. The molecule has 1 aliphatic rings. The Hall–Kier alpha value is -3.73. The van der Waals surface area contributed by atoms with Crippen LogP contribution in [0.5, 0.6) is 0 Å². The molecule has 1 aromatic carbocycles. The number of thiophene rings is 1. The van der Waals surface area contributed by atoms with E-state index in [2.05, 4.69) is 11.3 Å². The van der Waals surface area contributed by atoms with E-state index in [1.165, 1.54) is 4.90 Å². The van der Waals surface area contributed by atoms with Crippen LogP contribution in [0, 0.1) is 17.8 Å². The number of aliphatic hydroxyl groups is 2. The predicted octanol–water partition coefficient (Wildman–Crippen LogP) is 4.87. The molecular formula is C28H29NO5S. The van der Waals surface area contributed by atoms with Gasteiger partial charge in [0.25, 0.3) is 5.91 Å². The lowest BCUT2D eigenvalue weighted by molar-refractivity contribution is -0.123. The van der Waals surface area contributed by atoms with Crippen LogP contribution < -0.4 is 4.90 Å². The number of Topliss-reactive ketones (excluding diaryl/α,β-unsaturated/α-hetero) is 1. The van der Waals surface area contributed by atoms with E-state index in [1.54, 1.807) is 50.3 Å². The van der Waals surface area contributed by atoms with E-state index >= 15 is 0 Å². The Kier molecular flexibility index (Phi) is 9.95. The highest BCUT2D eigenvalue weighted by Crippen LogP contribution is 2.37. The van der Waals surface area contributed by atoms with Crippen LogP contribution in [0.3, 0.4) is 0 Å². The van der Waals surface area contributed by atoms with Gasteiger partial charge in [-0.05, 0) is 52.6 Å². The summed E-state index contributed by atoms with van der Waals surface area (Å²) in [6.45, 7) is 4.98. The molecule has 0 fully saturated rings. The fourth-order valence-electron chi connectivity index (χ4n) is 3.48. The Bertz CT molecular complexity index is 1160. The third-order valence-corrected chi connectivity index (χ3v) is 5.80. The number of aliphatic hydroxyl groups excluding tert-OH is 2. The summed E-state index contributed by atoms with van der Waals surface area (Å²) < 4.78 is 0. The maximum absolute atomic E-state index is 13.1. The molecule has 1 aliphatic heterocycles. The van der Waals surface area contributed by atoms with E-state index < -0.39 is 23.1 Å². The molecule has 0 saturated carbocycles. The molecule has 2 aromatic rings. The van der Waals surface area contributed by atoms with Crippen LogP contribution in [-0.4, -0.2) is 40.8 Å². The molecule has 1 unspecified atom stereocenters. The monoisotopic (exact) mass is 491 g/mol. The number of nitrogens with zero attached hydrogens (tertiary/aromatic N) is 1. The lowest BCUT2D eigenvalue weighted by atomic mass is 9.83. The second-order valence-electron chi connectivity index (χ2n) is 8.63. The molecule has 7 heteroatoms. The van der Waals surface area contributed by atoms with Crippen molar-refractivity contribution in [2.24, 2.45) is 5.41 Å². The van der Waals surface area contributed by atoms with Gasteiger partial charge >= 0.3 is 0 Å². The topological polar surface area (TPSA) is 94.9 Å². The zero-order valence-corrected chi connectivity index (χ0v) is 20.8. The standard InChI is InChI=1S/C26H25NO3S.C2H4O2/c1-5-6-7-8-9-10-21-22(24(29)26(2,3)4)23(28)25(30)27(21)20-13-11-18(12-14-20)19-15-16-31-17-19;3-1-2-4/h1,6-9,11-17,21,28H,10H2,2-4H3;1,4H,2H2/b7-6-,9-8-;. The summed E-state index contributed by atoms with van der Waals surface area (Å²) in [6, 6.07) is 9.00. The van der Waals surface area contributed by atoms with E-state index in [0.29, 0.717) is 18.4 Å². The summed E-state index contributed by atoms with van der Waals surface area (Å²) in [6.07, 6.45) is 12.9. The van der Waals surface area contributed by atoms with Crippen molar-refractivity contribution in [2.75, 3.05) is 11.5 Å². The number of aldehydes is 1. The predicted molar refractivity (Wildman–Crippen MR) is 140 cm³/mol. The highest BCUT2D eigenvalue weighted by atomic mass is 32.1. The third kappa shape index (κ3) is 6.89. The minimum atomic E-state index is -0.728. The Morgan fingerprint density at radius 3 is 2.34 bits per heavy atom. The van der Waals surface area contributed by atoms with Gasteiger partial charge in [-0.25, -0.2) is 0 Å². The van der Waals surface area contributed by atoms with Gasteiger partial charge in [0.15, 0.2) is 11.5 Å². The van der Waals surface area contributed by atoms with Crippen molar-refractivity contribution in [2.45, 2.75) is 33.2 Å². The number of allylic oxidation sites excluding steroid dienone is 3. The van der Waals surface area contributed by atoms with Crippen LogP contribution in [0.25, 0.3) is 11.1 Å². The maximum Gasteiger partial charge on any atom is 0.294 e.